The summed E-state index contributed by atoms with van der Waals surface area (Å²) in [4.78, 5) is 17.0. The molecule has 27 heavy (non-hydrogen) atoms. The monoisotopic (exact) mass is 399 g/mol. The van der Waals surface area contributed by atoms with E-state index in [2.05, 4.69) is 4.98 Å². The number of aryl methyl sites for hydroxylation is 1. The molecule has 0 atom stereocenters. The van der Waals surface area contributed by atoms with E-state index in [1.165, 1.54) is 18.5 Å². The summed E-state index contributed by atoms with van der Waals surface area (Å²) < 4.78 is 25.7. The molecule has 0 radical (unpaired) electrons. The van der Waals surface area contributed by atoms with Crippen LogP contribution >= 0.6 is 11.6 Å². The number of hydrogen-bond acceptors (Lipinski definition) is 4. The Morgan fingerprint density at radius 3 is 2.30 bits per heavy atom. The van der Waals surface area contributed by atoms with Gasteiger partial charge in [0.1, 0.15) is 0 Å². The first-order chi connectivity index (χ1) is 12.9. The Morgan fingerprint density at radius 2 is 1.67 bits per heavy atom. The summed E-state index contributed by atoms with van der Waals surface area (Å²) in [6, 6.07) is 14.7. The lowest BCUT2D eigenvalue weighted by Gasteiger charge is -2.11. The molecule has 0 unspecified atom stereocenters. The summed E-state index contributed by atoms with van der Waals surface area (Å²) in [5, 5.41) is 0.376. The van der Waals surface area contributed by atoms with Crippen molar-refractivity contribution in [3.63, 3.8) is 0 Å². The number of ketones is 1. The number of hydrogen-bond donors (Lipinski definition) is 0. The Kier molecular flexibility index (Phi) is 5.73. The van der Waals surface area contributed by atoms with Crippen LogP contribution in [0.2, 0.25) is 5.02 Å². The Bertz CT molecular complexity index is 1060. The second kappa shape index (κ2) is 8.03. The molecule has 0 spiro atoms. The van der Waals surface area contributed by atoms with Crippen molar-refractivity contribution in [3.8, 4) is 0 Å². The first kappa shape index (κ1) is 19.3. The Balaban J connectivity index is 1.98. The number of carbonyl (C=O) groups excluding carboxylic acids is 1. The van der Waals surface area contributed by atoms with Crippen LogP contribution in [0.5, 0.6) is 0 Å². The molecule has 0 aliphatic heterocycles. The average molecular weight is 400 g/mol. The summed E-state index contributed by atoms with van der Waals surface area (Å²) in [5.74, 6) is -0.562. The lowest BCUT2D eigenvalue weighted by atomic mass is 10.00. The van der Waals surface area contributed by atoms with Crippen LogP contribution in [0.25, 0.3) is 0 Å². The van der Waals surface area contributed by atoms with Gasteiger partial charge in [-0.1, -0.05) is 36.7 Å². The molecule has 1 heterocycles. The molecular weight excluding hydrogens is 382 g/mol. The molecule has 0 fully saturated rings. The van der Waals surface area contributed by atoms with E-state index in [1.54, 1.807) is 48.5 Å². The summed E-state index contributed by atoms with van der Waals surface area (Å²) in [5.41, 5.74) is 2.19. The first-order valence-corrected chi connectivity index (χ1v) is 10.5. The number of carbonyl (C=O) groups is 1. The van der Waals surface area contributed by atoms with Gasteiger partial charge in [0.2, 0.25) is 0 Å². The predicted octanol–water partition coefficient (Wildman–Crippen LogP) is 4.50. The molecular formula is C21H18ClNO3S. The molecule has 1 aromatic heterocycles. The lowest BCUT2D eigenvalue weighted by molar-refractivity contribution is 0.103. The fourth-order valence-electron chi connectivity index (χ4n) is 2.77. The zero-order valence-electron chi connectivity index (χ0n) is 14.7. The average Bonchev–Trinajstić information content (AvgIpc) is 2.69. The molecule has 138 valence electrons. The number of sulfone groups is 1. The van der Waals surface area contributed by atoms with Gasteiger partial charge in [0.15, 0.2) is 15.6 Å². The van der Waals surface area contributed by atoms with Gasteiger partial charge in [-0.05, 0) is 53.9 Å². The number of halogens is 1. The molecule has 0 bridgehead atoms. The second-order valence-electron chi connectivity index (χ2n) is 6.12. The highest BCUT2D eigenvalue weighted by Gasteiger charge is 2.21. The summed E-state index contributed by atoms with van der Waals surface area (Å²) >= 11 is 6.06. The standard InChI is InChI=1S/C21H18ClNO3S/c1-2-15-3-7-19(8-4-15)27(25,26)14-17-5-6-18(22)13-20(17)21(24)16-9-11-23-12-10-16/h3-13H,2,14H2,1H3. The van der Waals surface area contributed by atoms with E-state index in [0.717, 1.165) is 12.0 Å². The van der Waals surface area contributed by atoms with Gasteiger partial charge in [-0.25, -0.2) is 8.42 Å². The van der Waals surface area contributed by atoms with Crippen LogP contribution in [0.1, 0.15) is 34.0 Å². The second-order valence-corrected chi connectivity index (χ2v) is 8.55. The quantitative estimate of drug-likeness (QED) is 0.572. The first-order valence-electron chi connectivity index (χ1n) is 8.45. The summed E-state index contributed by atoms with van der Waals surface area (Å²) in [6.07, 6.45) is 3.87. The van der Waals surface area contributed by atoms with Crippen molar-refractivity contribution in [2.45, 2.75) is 24.0 Å². The van der Waals surface area contributed by atoms with E-state index in [0.29, 0.717) is 16.1 Å². The Hall–Kier alpha value is -2.50. The molecule has 6 heteroatoms. The van der Waals surface area contributed by atoms with Gasteiger partial charge in [-0.3, -0.25) is 9.78 Å². The topological polar surface area (TPSA) is 64.1 Å². The molecule has 0 amide bonds. The van der Waals surface area contributed by atoms with Crippen LogP contribution in [0.15, 0.2) is 71.9 Å². The summed E-state index contributed by atoms with van der Waals surface area (Å²) in [6.45, 7) is 2.01. The van der Waals surface area contributed by atoms with E-state index in [4.69, 9.17) is 11.6 Å². The van der Waals surface area contributed by atoms with E-state index in [-0.39, 0.29) is 22.0 Å². The fraction of sp³-hybridized carbons (Fsp3) is 0.143. The number of pyridine rings is 1. The zero-order valence-corrected chi connectivity index (χ0v) is 16.3. The number of rotatable bonds is 6. The minimum Gasteiger partial charge on any atom is -0.289 e. The van der Waals surface area contributed by atoms with Gasteiger partial charge >= 0.3 is 0 Å². The van der Waals surface area contributed by atoms with E-state index < -0.39 is 9.84 Å². The highest BCUT2D eigenvalue weighted by atomic mass is 35.5. The third-order valence-corrected chi connectivity index (χ3v) is 6.21. The molecule has 0 saturated heterocycles. The van der Waals surface area contributed by atoms with Gasteiger partial charge < -0.3 is 0 Å². The number of benzene rings is 2. The maximum Gasteiger partial charge on any atom is 0.193 e. The van der Waals surface area contributed by atoms with Crippen molar-refractivity contribution in [1.29, 1.82) is 0 Å². The third kappa shape index (κ3) is 4.43. The molecule has 0 N–H and O–H groups in total. The normalized spacial score (nSPS) is 11.3. The minimum absolute atomic E-state index is 0.233. The van der Waals surface area contributed by atoms with Gasteiger partial charge in [-0.2, -0.15) is 0 Å². The highest BCUT2D eigenvalue weighted by molar-refractivity contribution is 7.90. The molecule has 0 saturated carbocycles. The molecule has 0 aliphatic carbocycles. The van der Waals surface area contributed by atoms with Crippen LogP contribution in [0.4, 0.5) is 0 Å². The Morgan fingerprint density at radius 1 is 1.00 bits per heavy atom. The SMILES string of the molecule is CCc1ccc(S(=O)(=O)Cc2ccc(Cl)cc2C(=O)c2ccncc2)cc1. The van der Waals surface area contributed by atoms with Crippen molar-refractivity contribution in [1.82, 2.24) is 4.98 Å². The van der Waals surface area contributed by atoms with Gasteiger partial charge in [0.05, 0.1) is 10.6 Å². The summed E-state index contributed by atoms with van der Waals surface area (Å²) in [7, 11) is -3.60. The number of aromatic nitrogens is 1. The van der Waals surface area contributed by atoms with Crippen molar-refractivity contribution in [3.05, 3.63) is 94.3 Å². The smallest absolute Gasteiger partial charge is 0.193 e. The van der Waals surface area contributed by atoms with Crippen molar-refractivity contribution >= 4 is 27.2 Å². The number of nitrogens with zero attached hydrogens (tertiary/aromatic N) is 1. The van der Waals surface area contributed by atoms with Crippen molar-refractivity contribution in [2.24, 2.45) is 0 Å². The maximum absolute atomic E-state index is 12.8. The van der Waals surface area contributed by atoms with Gasteiger partial charge in [0, 0.05) is 28.5 Å². The maximum atomic E-state index is 12.8. The van der Waals surface area contributed by atoms with E-state index >= 15 is 0 Å². The van der Waals surface area contributed by atoms with Crippen molar-refractivity contribution < 1.29 is 13.2 Å². The molecule has 3 aromatic rings. The molecule has 2 aromatic carbocycles. The van der Waals surface area contributed by atoms with Crippen LogP contribution < -0.4 is 0 Å². The zero-order chi connectivity index (χ0) is 19.4. The predicted molar refractivity (Wildman–Crippen MR) is 106 cm³/mol. The lowest BCUT2D eigenvalue weighted by Crippen LogP contribution is -2.11. The van der Waals surface area contributed by atoms with Crippen LogP contribution in [0.3, 0.4) is 0 Å². The van der Waals surface area contributed by atoms with Crippen LogP contribution in [0, 0.1) is 0 Å². The van der Waals surface area contributed by atoms with E-state index in [1.807, 2.05) is 6.92 Å². The molecule has 4 nitrogen and oxygen atoms in total. The molecule has 3 rings (SSSR count). The minimum atomic E-state index is -3.60. The largest absolute Gasteiger partial charge is 0.289 e. The Labute approximate surface area is 163 Å². The van der Waals surface area contributed by atoms with E-state index in [9.17, 15) is 13.2 Å². The highest BCUT2D eigenvalue weighted by Crippen LogP contribution is 2.24. The van der Waals surface area contributed by atoms with Crippen LogP contribution in [-0.2, 0) is 22.0 Å². The third-order valence-electron chi connectivity index (χ3n) is 4.30. The molecule has 0 aliphatic rings. The van der Waals surface area contributed by atoms with Crippen molar-refractivity contribution in [2.75, 3.05) is 0 Å². The fourth-order valence-corrected chi connectivity index (χ4v) is 4.32. The van der Waals surface area contributed by atoms with Crippen LogP contribution in [-0.4, -0.2) is 19.2 Å². The van der Waals surface area contributed by atoms with Gasteiger partial charge in [0.25, 0.3) is 0 Å². The van der Waals surface area contributed by atoms with Gasteiger partial charge in [-0.15, -0.1) is 0 Å².